The Kier molecular flexibility index (Phi) is 4.84. The van der Waals surface area contributed by atoms with Gasteiger partial charge in [-0.25, -0.2) is 19.9 Å². The van der Waals surface area contributed by atoms with Crippen LogP contribution >= 0.6 is 0 Å². The maximum Gasteiger partial charge on any atom is 0.151 e. The molecule has 4 heterocycles. The van der Waals surface area contributed by atoms with Crippen molar-refractivity contribution in [3.05, 3.63) is 48.8 Å². The number of nitrogens with zero attached hydrogens (tertiary/aromatic N) is 5. The smallest absolute Gasteiger partial charge is 0.151 e. The number of pyridine rings is 2. The second-order valence-electron chi connectivity index (χ2n) is 6.54. The molecular weight excluding hydrogens is 376 g/mol. The number of aromatic nitrogens is 6. The summed E-state index contributed by atoms with van der Waals surface area (Å²) in [6.45, 7) is -0.287. The Hall–Kier alpha value is -3.54. The Morgan fingerprint density at radius 3 is 2.41 bits per heavy atom. The number of anilines is 2. The lowest BCUT2D eigenvalue weighted by Crippen LogP contribution is -2.29. The summed E-state index contributed by atoms with van der Waals surface area (Å²) in [6, 6.07) is 3.09. The molecule has 11 heteroatoms. The zero-order chi connectivity index (χ0) is 20.5. The Bertz CT molecular complexity index is 1180. The minimum absolute atomic E-state index is 0.287. The van der Waals surface area contributed by atoms with Gasteiger partial charge in [0, 0.05) is 12.4 Å². The van der Waals surface area contributed by atoms with Crippen LogP contribution in [0.5, 0.6) is 0 Å². The van der Waals surface area contributed by atoms with Crippen LogP contribution in [-0.2, 0) is 0 Å². The molecule has 29 heavy (non-hydrogen) atoms. The summed E-state index contributed by atoms with van der Waals surface area (Å²) in [4.78, 5) is 18.9. The molecule has 0 aliphatic heterocycles. The van der Waals surface area contributed by atoms with Crippen LogP contribution in [0.25, 0.3) is 22.1 Å². The summed E-state index contributed by atoms with van der Waals surface area (Å²) >= 11 is 0. The van der Waals surface area contributed by atoms with Crippen molar-refractivity contribution in [1.82, 2.24) is 29.5 Å². The number of H-pyrrole nitrogens is 1. The zero-order valence-corrected chi connectivity index (χ0v) is 15.2. The van der Waals surface area contributed by atoms with Crippen molar-refractivity contribution in [3.63, 3.8) is 0 Å². The third-order valence-corrected chi connectivity index (χ3v) is 4.83. The van der Waals surface area contributed by atoms with Crippen molar-refractivity contribution >= 4 is 33.7 Å². The molecule has 11 nitrogen and oxygen atoms in total. The van der Waals surface area contributed by atoms with Gasteiger partial charge in [0.1, 0.15) is 23.2 Å². The second kappa shape index (κ2) is 7.47. The molecule has 1 unspecified atom stereocenters. The highest BCUT2D eigenvalue weighted by molar-refractivity contribution is 5.85. The molecule has 0 fully saturated rings. The van der Waals surface area contributed by atoms with Crippen molar-refractivity contribution < 1.29 is 15.3 Å². The van der Waals surface area contributed by atoms with Gasteiger partial charge in [-0.3, -0.25) is 0 Å². The Morgan fingerprint density at radius 1 is 1.00 bits per heavy atom. The minimum atomic E-state index is -1.06. The van der Waals surface area contributed by atoms with E-state index < -0.39 is 18.2 Å². The first-order valence-electron chi connectivity index (χ1n) is 8.79. The van der Waals surface area contributed by atoms with Crippen LogP contribution in [0.3, 0.4) is 0 Å². The first-order valence-corrected chi connectivity index (χ1v) is 8.79. The first kappa shape index (κ1) is 18.8. The summed E-state index contributed by atoms with van der Waals surface area (Å²) < 4.78 is 1.71. The largest absolute Gasteiger partial charge is 0.392 e. The molecule has 150 valence electrons. The lowest BCUT2D eigenvalue weighted by Gasteiger charge is -2.19. The molecule has 3 atom stereocenters. The van der Waals surface area contributed by atoms with Crippen LogP contribution in [0.1, 0.15) is 6.04 Å². The Balaban J connectivity index is 0.000000171. The Morgan fingerprint density at radius 2 is 1.72 bits per heavy atom. The first-order chi connectivity index (χ1) is 14.0. The van der Waals surface area contributed by atoms with Crippen LogP contribution in [0.2, 0.25) is 0 Å². The predicted octanol–water partition coefficient (Wildman–Crippen LogP) is -0.251. The second-order valence-corrected chi connectivity index (χ2v) is 6.54. The van der Waals surface area contributed by atoms with E-state index in [4.69, 9.17) is 16.6 Å². The predicted molar refractivity (Wildman–Crippen MR) is 106 cm³/mol. The summed E-state index contributed by atoms with van der Waals surface area (Å²) in [5.41, 5.74) is 14.6. The zero-order valence-electron chi connectivity index (χ0n) is 15.2. The lowest BCUT2D eigenvalue weighted by molar-refractivity contribution is 0.0288. The number of rotatable bonds is 2. The highest BCUT2D eigenvalue weighted by Crippen LogP contribution is 2.32. The standard InChI is InChI=1S/C12H14N4O3.C6H6N4/c13-12-9-7(1-2-14-12)16(5-15-9)8-3-6(4-17)10(18)11(8)19;7-6-5-4(1-2-8-6)9-3-10-5/h1-3,5,8,10-11,17-19H,4H2,(H2,13,14);1-3H,(H2,7,8)(H,9,10)/t8-,10+,11?;/m1./s1. The molecule has 5 rings (SSSR count). The topological polar surface area (TPSA) is 185 Å². The quantitative estimate of drug-likeness (QED) is 0.248. The number of aliphatic hydroxyl groups is 3. The average molecular weight is 396 g/mol. The van der Waals surface area contributed by atoms with Gasteiger partial charge in [0.15, 0.2) is 11.6 Å². The van der Waals surface area contributed by atoms with Gasteiger partial charge in [-0.15, -0.1) is 0 Å². The Labute approximate surface area is 164 Å². The molecule has 1 aliphatic rings. The minimum Gasteiger partial charge on any atom is -0.392 e. The fourth-order valence-corrected chi connectivity index (χ4v) is 3.32. The van der Waals surface area contributed by atoms with E-state index >= 15 is 0 Å². The molecule has 0 radical (unpaired) electrons. The molecule has 0 amide bonds. The van der Waals surface area contributed by atoms with Crippen molar-refractivity contribution in [2.45, 2.75) is 18.2 Å². The summed E-state index contributed by atoms with van der Waals surface area (Å²) in [5, 5.41) is 29.0. The van der Waals surface area contributed by atoms with Gasteiger partial charge in [0.2, 0.25) is 0 Å². The van der Waals surface area contributed by atoms with Crippen LogP contribution < -0.4 is 11.5 Å². The number of hydrogen-bond acceptors (Lipinski definition) is 9. The highest BCUT2D eigenvalue weighted by Gasteiger charge is 2.35. The highest BCUT2D eigenvalue weighted by atomic mass is 16.3. The fourth-order valence-electron chi connectivity index (χ4n) is 3.32. The van der Waals surface area contributed by atoms with E-state index in [1.165, 1.54) is 0 Å². The fraction of sp³-hybridized carbons (Fsp3) is 0.222. The van der Waals surface area contributed by atoms with Crippen LogP contribution in [0.15, 0.2) is 48.8 Å². The van der Waals surface area contributed by atoms with Crippen LogP contribution in [0, 0.1) is 0 Å². The third kappa shape index (κ3) is 3.27. The SMILES string of the molecule is Nc1nccc2[nH]cnc12.Nc1nccc2c1ncn2[C@@H]1C=C(CO)[C@H](O)C1O. The van der Waals surface area contributed by atoms with Gasteiger partial charge in [0.25, 0.3) is 0 Å². The van der Waals surface area contributed by atoms with E-state index in [1.807, 2.05) is 6.07 Å². The molecule has 0 spiro atoms. The van der Waals surface area contributed by atoms with Crippen molar-refractivity contribution in [1.29, 1.82) is 0 Å². The lowest BCUT2D eigenvalue weighted by atomic mass is 10.1. The molecule has 0 saturated carbocycles. The van der Waals surface area contributed by atoms with E-state index in [0.29, 0.717) is 22.7 Å². The van der Waals surface area contributed by atoms with E-state index in [-0.39, 0.29) is 6.61 Å². The normalized spacial score (nSPS) is 21.2. The molecule has 0 bridgehead atoms. The van der Waals surface area contributed by atoms with E-state index in [1.54, 1.807) is 41.8 Å². The van der Waals surface area contributed by atoms with E-state index in [9.17, 15) is 10.2 Å². The maximum absolute atomic E-state index is 10.1. The number of fused-ring (bicyclic) bond motifs is 2. The average Bonchev–Trinajstić information content (AvgIpc) is 3.42. The molecule has 0 saturated heterocycles. The van der Waals surface area contributed by atoms with E-state index in [2.05, 4.69) is 24.9 Å². The van der Waals surface area contributed by atoms with Crippen molar-refractivity contribution in [2.24, 2.45) is 0 Å². The number of hydrogen-bond donors (Lipinski definition) is 6. The molecule has 4 aromatic rings. The molecule has 1 aliphatic carbocycles. The number of nitrogens with one attached hydrogen (secondary N) is 1. The van der Waals surface area contributed by atoms with Crippen LogP contribution in [-0.4, -0.2) is 63.6 Å². The number of nitrogens with two attached hydrogens (primary N) is 2. The van der Waals surface area contributed by atoms with Gasteiger partial charge < -0.3 is 36.3 Å². The maximum atomic E-state index is 10.1. The summed E-state index contributed by atoms with van der Waals surface area (Å²) in [6.07, 6.45) is 5.91. The van der Waals surface area contributed by atoms with Gasteiger partial charge in [-0.1, -0.05) is 6.08 Å². The summed E-state index contributed by atoms with van der Waals surface area (Å²) in [5.74, 6) is 0.786. The molecule has 8 N–H and O–H groups in total. The molecular formula is C18H20N8O3. The van der Waals surface area contributed by atoms with Gasteiger partial charge in [-0.2, -0.15) is 0 Å². The summed E-state index contributed by atoms with van der Waals surface area (Å²) in [7, 11) is 0. The van der Waals surface area contributed by atoms with Crippen molar-refractivity contribution in [3.8, 4) is 0 Å². The van der Waals surface area contributed by atoms with Gasteiger partial charge >= 0.3 is 0 Å². The number of aliphatic hydroxyl groups excluding tert-OH is 3. The third-order valence-electron chi connectivity index (χ3n) is 4.83. The van der Waals surface area contributed by atoms with Gasteiger partial charge in [-0.05, 0) is 17.7 Å². The van der Waals surface area contributed by atoms with Crippen molar-refractivity contribution in [2.75, 3.05) is 18.1 Å². The monoisotopic (exact) mass is 396 g/mol. The van der Waals surface area contributed by atoms with E-state index in [0.717, 1.165) is 16.6 Å². The molecule has 0 aromatic carbocycles. The number of aromatic amines is 1. The number of nitrogen functional groups attached to an aromatic ring is 2. The van der Waals surface area contributed by atoms with Gasteiger partial charge in [0.05, 0.1) is 36.3 Å². The number of imidazole rings is 2. The molecule has 4 aromatic heterocycles. The van der Waals surface area contributed by atoms with Crippen LogP contribution in [0.4, 0.5) is 11.6 Å².